The van der Waals surface area contributed by atoms with E-state index in [4.69, 9.17) is 5.11 Å². The van der Waals surface area contributed by atoms with E-state index in [1.165, 1.54) is 0 Å². The average molecular weight is 387 g/mol. The van der Waals surface area contributed by atoms with Crippen LogP contribution in [0.1, 0.15) is 80.1 Å². The second-order valence-electron chi connectivity index (χ2n) is 9.47. The number of unbranched alkanes of at least 4 members (excludes halogenated alkanes) is 1. The molecule has 0 aromatic rings. The SMILES string of the molecule is CC(C)(C)C[C@@H](CCC(=O)O)C(=O)N[C@@H](CCCCNC(C)(C)C)C(=O)O. The summed E-state index contributed by atoms with van der Waals surface area (Å²) in [7, 11) is 0. The number of rotatable bonds is 12. The van der Waals surface area contributed by atoms with Crippen molar-refractivity contribution in [2.24, 2.45) is 11.3 Å². The van der Waals surface area contributed by atoms with Crippen LogP contribution in [0.5, 0.6) is 0 Å². The van der Waals surface area contributed by atoms with Gasteiger partial charge in [-0.1, -0.05) is 20.8 Å². The van der Waals surface area contributed by atoms with Crippen LogP contribution in [0.15, 0.2) is 0 Å². The summed E-state index contributed by atoms with van der Waals surface area (Å²) in [5.41, 5.74) is -0.136. The maximum atomic E-state index is 12.6. The van der Waals surface area contributed by atoms with E-state index in [2.05, 4.69) is 31.4 Å². The predicted molar refractivity (Wildman–Crippen MR) is 106 cm³/mol. The molecule has 0 rings (SSSR count). The second kappa shape index (κ2) is 11.3. The molecule has 1 amide bonds. The van der Waals surface area contributed by atoms with E-state index in [1.807, 2.05) is 20.8 Å². The lowest BCUT2D eigenvalue weighted by Crippen LogP contribution is -2.44. The number of amides is 1. The van der Waals surface area contributed by atoms with Crippen molar-refractivity contribution in [1.82, 2.24) is 10.6 Å². The predicted octanol–water partition coefficient (Wildman–Crippen LogP) is 3.03. The molecule has 0 aliphatic carbocycles. The van der Waals surface area contributed by atoms with Gasteiger partial charge in [0.25, 0.3) is 0 Å². The summed E-state index contributed by atoms with van der Waals surface area (Å²) in [6.07, 6.45) is 2.47. The molecule has 0 fully saturated rings. The minimum absolute atomic E-state index is 0.0186. The van der Waals surface area contributed by atoms with Crippen LogP contribution in [-0.4, -0.2) is 46.2 Å². The first-order chi connectivity index (χ1) is 12.2. The molecule has 4 N–H and O–H groups in total. The van der Waals surface area contributed by atoms with Gasteiger partial charge < -0.3 is 20.8 Å². The Balaban J connectivity index is 4.69. The molecule has 7 heteroatoms. The number of hydrogen-bond acceptors (Lipinski definition) is 4. The molecular weight excluding hydrogens is 348 g/mol. The van der Waals surface area contributed by atoms with Crippen molar-refractivity contribution in [3.8, 4) is 0 Å². The van der Waals surface area contributed by atoms with Crippen LogP contribution < -0.4 is 10.6 Å². The van der Waals surface area contributed by atoms with Crippen molar-refractivity contribution in [2.45, 2.75) is 91.6 Å². The molecular formula is C20H38N2O5. The van der Waals surface area contributed by atoms with E-state index in [0.717, 1.165) is 13.0 Å². The van der Waals surface area contributed by atoms with Crippen LogP contribution in [0.3, 0.4) is 0 Å². The highest BCUT2D eigenvalue weighted by atomic mass is 16.4. The Kier molecular flexibility index (Phi) is 10.6. The summed E-state index contributed by atoms with van der Waals surface area (Å²) < 4.78 is 0. The van der Waals surface area contributed by atoms with Crippen LogP contribution in [0.25, 0.3) is 0 Å². The topological polar surface area (TPSA) is 116 Å². The fourth-order valence-electron chi connectivity index (χ4n) is 2.85. The van der Waals surface area contributed by atoms with Gasteiger partial charge in [0, 0.05) is 17.9 Å². The molecule has 0 saturated heterocycles. The lowest BCUT2D eigenvalue weighted by atomic mass is 9.82. The number of carboxylic acid groups (broad SMARTS) is 2. The standard InChI is InChI=1S/C20H38N2O5/c1-19(2,3)13-14(10-11-16(23)24)17(25)22-15(18(26)27)9-7-8-12-21-20(4,5)6/h14-15,21H,7-13H2,1-6H3,(H,22,25)(H,23,24)(H,26,27)/t14-,15+/m1/s1. The van der Waals surface area contributed by atoms with Crippen molar-refractivity contribution < 1.29 is 24.6 Å². The third-order valence-corrected chi connectivity index (χ3v) is 4.13. The van der Waals surface area contributed by atoms with Gasteiger partial charge in [-0.15, -0.1) is 0 Å². The quantitative estimate of drug-likeness (QED) is 0.383. The zero-order valence-electron chi connectivity index (χ0n) is 17.7. The van der Waals surface area contributed by atoms with Crippen LogP contribution in [0.4, 0.5) is 0 Å². The summed E-state index contributed by atoms with van der Waals surface area (Å²) in [5, 5.41) is 24.3. The molecule has 0 aliphatic rings. The highest BCUT2D eigenvalue weighted by Gasteiger charge is 2.28. The summed E-state index contributed by atoms with van der Waals surface area (Å²) in [4.78, 5) is 35.0. The highest BCUT2D eigenvalue weighted by Crippen LogP contribution is 2.27. The van der Waals surface area contributed by atoms with Gasteiger partial charge in [-0.3, -0.25) is 9.59 Å². The first kappa shape index (κ1) is 25.4. The van der Waals surface area contributed by atoms with E-state index < -0.39 is 23.9 Å². The molecule has 2 atom stereocenters. The second-order valence-corrected chi connectivity index (χ2v) is 9.47. The van der Waals surface area contributed by atoms with E-state index >= 15 is 0 Å². The van der Waals surface area contributed by atoms with Crippen LogP contribution in [-0.2, 0) is 14.4 Å². The number of carboxylic acids is 2. The van der Waals surface area contributed by atoms with Crippen LogP contribution in [0, 0.1) is 11.3 Å². The fraction of sp³-hybridized carbons (Fsp3) is 0.850. The van der Waals surface area contributed by atoms with Gasteiger partial charge in [0.05, 0.1) is 0 Å². The lowest BCUT2D eigenvalue weighted by molar-refractivity contribution is -0.143. The minimum Gasteiger partial charge on any atom is -0.481 e. The zero-order valence-corrected chi connectivity index (χ0v) is 17.7. The highest BCUT2D eigenvalue weighted by molar-refractivity contribution is 5.85. The van der Waals surface area contributed by atoms with Crippen molar-refractivity contribution in [1.29, 1.82) is 0 Å². The number of nitrogens with one attached hydrogen (secondary N) is 2. The Morgan fingerprint density at radius 1 is 0.926 bits per heavy atom. The molecule has 0 heterocycles. The summed E-state index contributed by atoms with van der Waals surface area (Å²) in [6, 6.07) is -0.945. The van der Waals surface area contributed by atoms with E-state index in [-0.39, 0.29) is 29.7 Å². The van der Waals surface area contributed by atoms with Gasteiger partial charge in [-0.2, -0.15) is 0 Å². The third-order valence-electron chi connectivity index (χ3n) is 4.13. The van der Waals surface area contributed by atoms with Gasteiger partial charge in [0.15, 0.2) is 0 Å². The largest absolute Gasteiger partial charge is 0.481 e. The normalized spacial score (nSPS) is 14.4. The van der Waals surface area contributed by atoms with Crippen LogP contribution >= 0.6 is 0 Å². The monoisotopic (exact) mass is 386 g/mol. The van der Waals surface area contributed by atoms with Gasteiger partial charge >= 0.3 is 11.9 Å². The molecule has 0 saturated carbocycles. The average Bonchev–Trinajstić information content (AvgIpc) is 2.47. The number of hydrogen-bond donors (Lipinski definition) is 4. The Bertz CT molecular complexity index is 492. The van der Waals surface area contributed by atoms with E-state index in [0.29, 0.717) is 19.3 Å². The minimum atomic E-state index is -1.06. The van der Waals surface area contributed by atoms with Crippen molar-refractivity contribution in [3.63, 3.8) is 0 Å². The molecule has 0 bridgehead atoms. The molecule has 7 nitrogen and oxygen atoms in total. The molecule has 27 heavy (non-hydrogen) atoms. The van der Waals surface area contributed by atoms with Gasteiger partial charge in [0.2, 0.25) is 5.91 Å². The Labute approximate surface area is 163 Å². The van der Waals surface area contributed by atoms with Crippen molar-refractivity contribution in [3.05, 3.63) is 0 Å². The maximum Gasteiger partial charge on any atom is 0.326 e. The number of carbonyl (C=O) groups is 3. The summed E-state index contributed by atoms with van der Waals surface area (Å²) in [6.45, 7) is 12.9. The maximum absolute atomic E-state index is 12.6. The zero-order chi connectivity index (χ0) is 21.3. The molecule has 0 aromatic heterocycles. The summed E-state index contributed by atoms with van der Waals surface area (Å²) >= 11 is 0. The smallest absolute Gasteiger partial charge is 0.326 e. The number of aliphatic carboxylic acids is 2. The Morgan fingerprint density at radius 3 is 1.96 bits per heavy atom. The van der Waals surface area contributed by atoms with Gasteiger partial charge in [0.1, 0.15) is 6.04 Å². The Hall–Kier alpha value is -1.63. The lowest BCUT2D eigenvalue weighted by Gasteiger charge is -2.26. The first-order valence-electron chi connectivity index (χ1n) is 9.71. The summed E-state index contributed by atoms with van der Waals surface area (Å²) in [5.74, 6) is -2.89. The third kappa shape index (κ3) is 14.1. The molecule has 0 aromatic carbocycles. The molecule has 0 spiro atoms. The number of carbonyl (C=O) groups excluding carboxylic acids is 1. The van der Waals surface area contributed by atoms with Crippen LogP contribution in [0.2, 0.25) is 0 Å². The fourth-order valence-corrected chi connectivity index (χ4v) is 2.85. The van der Waals surface area contributed by atoms with Gasteiger partial charge in [-0.25, -0.2) is 4.79 Å². The van der Waals surface area contributed by atoms with E-state index in [9.17, 15) is 19.5 Å². The van der Waals surface area contributed by atoms with E-state index in [1.54, 1.807) is 0 Å². The molecule has 0 unspecified atom stereocenters. The first-order valence-corrected chi connectivity index (χ1v) is 9.71. The molecule has 158 valence electrons. The molecule has 0 aliphatic heterocycles. The Morgan fingerprint density at radius 2 is 1.52 bits per heavy atom. The van der Waals surface area contributed by atoms with Crippen molar-refractivity contribution >= 4 is 17.8 Å². The molecule has 0 radical (unpaired) electrons. The van der Waals surface area contributed by atoms with Gasteiger partial charge in [-0.05, 0) is 64.8 Å². The van der Waals surface area contributed by atoms with Crippen molar-refractivity contribution in [2.75, 3.05) is 6.54 Å².